The van der Waals surface area contributed by atoms with Crippen LogP contribution in [0.5, 0.6) is 0 Å². The Labute approximate surface area is 118 Å². The first kappa shape index (κ1) is 12.6. The number of amides is 1. The largest absolute Gasteiger partial charge is 0.449 e. The van der Waals surface area contributed by atoms with E-state index in [9.17, 15) is 4.79 Å². The van der Waals surface area contributed by atoms with Crippen molar-refractivity contribution in [2.24, 2.45) is 0 Å². The van der Waals surface area contributed by atoms with Gasteiger partial charge in [-0.05, 0) is 26.0 Å². The van der Waals surface area contributed by atoms with Gasteiger partial charge in [0.1, 0.15) is 11.5 Å². The van der Waals surface area contributed by atoms with Crippen LogP contribution in [0.4, 0.5) is 5.82 Å². The van der Waals surface area contributed by atoms with E-state index in [4.69, 9.17) is 8.94 Å². The Morgan fingerprint density at radius 1 is 1.35 bits per heavy atom. The fourth-order valence-corrected chi connectivity index (χ4v) is 2.28. The van der Waals surface area contributed by atoms with E-state index in [1.165, 1.54) is 11.3 Å². The summed E-state index contributed by atoms with van der Waals surface area (Å²) >= 11 is 1.53. The van der Waals surface area contributed by atoms with Gasteiger partial charge in [-0.2, -0.15) is 0 Å². The summed E-state index contributed by atoms with van der Waals surface area (Å²) in [6.07, 6.45) is 0. The molecule has 3 aromatic rings. The molecule has 0 radical (unpaired) electrons. The molecule has 0 saturated heterocycles. The fraction of sp³-hybridized carbons (Fsp3) is 0.154. The Morgan fingerprint density at radius 3 is 2.85 bits per heavy atom. The number of thiazole rings is 1. The van der Waals surface area contributed by atoms with Crippen LogP contribution in [0.15, 0.2) is 32.5 Å². The van der Waals surface area contributed by atoms with Crippen molar-refractivity contribution in [1.82, 2.24) is 10.1 Å². The van der Waals surface area contributed by atoms with Gasteiger partial charge in [-0.1, -0.05) is 5.16 Å². The van der Waals surface area contributed by atoms with Gasteiger partial charge < -0.3 is 14.3 Å². The van der Waals surface area contributed by atoms with Crippen LogP contribution in [-0.4, -0.2) is 16.0 Å². The van der Waals surface area contributed by atoms with Crippen LogP contribution < -0.4 is 5.32 Å². The lowest BCUT2D eigenvalue weighted by Crippen LogP contribution is -2.10. The molecular formula is C13H11N3O3S. The third kappa shape index (κ3) is 2.48. The highest BCUT2D eigenvalue weighted by Crippen LogP contribution is 2.24. The second kappa shape index (κ2) is 4.93. The van der Waals surface area contributed by atoms with Crippen LogP contribution in [0.3, 0.4) is 0 Å². The summed E-state index contributed by atoms with van der Waals surface area (Å²) in [6.45, 7) is 3.66. The zero-order chi connectivity index (χ0) is 14.1. The molecule has 0 aliphatic rings. The van der Waals surface area contributed by atoms with E-state index in [0.29, 0.717) is 17.3 Å². The van der Waals surface area contributed by atoms with Crippen LogP contribution >= 0.6 is 11.3 Å². The normalized spacial score (nSPS) is 10.7. The van der Waals surface area contributed by atoms with Crippen molar-refractivity contribution in [3.8, 4) is 11.5 Å². The van der Waals surface area contributed by atoms with E-state index < -0.39 is 0 Å². The van der Waals surface area contributed by atoms with Crippen molar-refractivity contribution in [1.29, 1.82) is 0 Å². The van der Waals surface area contributed by atoms with Crippen molar-refractivity contribution < 1.29 is 13.7 Å². The van der Waals surface area contributed by atoms with Gasteiger partial charge in [0.05, 0.1) is 5.01 Å². The number of carbonyl (C=O) groups excluding carboxylic acids is 1. The molecule has 0 spiro atoms. The highest BCUT2D eigenvalue weighted by atomic mass is 32.1. The predicted octanol–water partition coefficient (Wildman–Crippen LogP) is 3.26. The minimum atomic E-state index is -0.378. The monoisotopic (exact) mass is 289 g/mol. The van der Waals surface area contributed by atoms with E-state index in [1.54, 1.807) is 25.1 Å². The molecule has 1 amide bonds. The zero-order valence-electron chi connectivity index (χ0n) is 10.8. The average molecular weight is 289 g/mol. The van der Waals surface area contributed by atoms with Crippen molar-refractivity contribution in [3.63, 3.8) is 0 Å². The van der Waals surface area contributed by atoms with E-state index in [-0.39, 0.29) is 11.7 Å². The Hall–Kier alpha value is -2.41. The van der Waals surface area contributed by atoms with Gasteiger partial charge in [0.2, 0.25) is 0 Å². The number of nitrogens with one attached hydrogen (secondary N) is 1. The minimum Gasteiger partial charge on any atom is -0.449 e. The smallest absolute Gasteiger partial charge is 0.292 e. The third-order valence-electron chi connectivity index (χ3n) is 2.57. The molecule has 0 atom stereocenters. The summed E-state index contributed by atoms with van der Waals surface area (Å²) in [6, 6.07) is 4.95. The van der Waals surface area contributed by atoms with Crippen molar-refractivity contribution >= 4 is 23.1 Å². The van der Waals surface area contributed by atoms with Gasteiger partial charge >= 0.3 is 0 Å². The summed E-state index contributed by atoms with van der Waals surface area (Å²) in [5.74, 6) is 1.37. The molecule has 1 N–H and O–H groups in total. The maximum Gasteiger partial charge on any atom is 0.292 e. The molecule has 7 heteroatoms. The first-order chi connectivity index (χ1) is 9.61. The van der Waals surface area contributed by atoms with Crippen molar-refractivity contribution in [2.75, 3.05) is 5.32 Å². The summed E-state index contributed by atoms with van der Waals surface area (Å²) in [4.78, 5) is 16.3. The van der Waals surface area contributed by atoms with Crippen molar-refractivity contribution in [3.05, 3.63) is 40.1 Å². The molecule has 102 valence electrons. The molecule has 0 bridgehead atoms. The van der Waals surface area contributed by atoms with E-state index in [1.807, 2.05) is 12.3 Å². The lowest BCUT2D eigenvalue weighted by atomic mass is 10.3. The molecule has 6 nitrogen and oxygen atoms in total. The Kier molecular flexibility index (Phi) is 3.11. The molecule has 3 heterocycles. The molecule has 3 aromatic heterocycles. The van der Waals surface area contributed by atoms with Gasteiger partial charge in [-0.25, -0.2) is 4.98 Å². The van der Waals surface area contributed by atoms with Gasteiger partial charge in [0, 0.05) is 11.4 Å². The number of aromatic nitrogens is 2. The molecular weight excluding hydrogens is 278 g/mol. The second-order valence-electron chi connectivity index (χ2n) is 4.19. The Balaban J connectivity index is 1.78. The van der Waals surface area contributed by atoms with Gasteiger partial charge in [0.15, 0.2) is 17.3 Å². The lowest BCUT2D eigenvalue weighted by molar-refractivity contribution is 0.0996. The summed E-state index contributed by atoms with van der Waals surface area (Å²) in [5, 5.41) is 9.11. The molecule has 3 rings (SSSR count). The number of aryl methyl sites for hydroxylation is 2. The average Bonchev–Trinajstić information content (AvgIpc) is 3.10. The van der Waals surface area contributed by atoms with E-state index >= 15 is 0 Å². The number of nitrogens with zero attached hydrogens (tertiary/aromatic N) is 2. The number of furan rings is 1. The third-order valence-corrected chi connectivity index (χ3v) is 3.34. The summed E-state index contributed by atoms with van der Waals surface area (Å²) in [7, 11) is 0. The SMILES string of the molecule is Cc1cc(NC(=O)c2ccc(-c3csc(C)n3)o2)no1. The van der Waals surface area contributed by atoms with Crippen LogP contribution in [0.2, 0.25) is 0 Å². The predicted molar refractivity (Wildman–Crippen MR) is 73.7 cm³/mol. The Bertz CT molecular complexity index is 756. The lowest BCUT2D eigenvalue weighted by Gasteiger charge is -1.96. The topological polar surface area (TPSA) is 81.2 Å². The molecule has 20 heavy (non-hydrogen) atoms. The highest BCUT2D eigenvalue weighted by molar-refractivity contribution is 7.09. The minimum absolute atomic E-state index is 0.200. The zero-order valence-corrected chi connectivity index (χ0v) is 11.7. The standard InChI is InChI=1S/C13H11N3O3S/c1-7-5-12(16-19-7)15-13(17)11-4-3-10(18-11)9-6-20-8(2)14-9/h3-6H,1-2H3,(H,15,16,17). The highest BCUT2D eigenvalue weighted by Gasteiger charge is 2.15. The van der Waals surface area contributed by atoms with Crippen molar-refractivity contribution in [2.45, 2.75) is 13.8 Å². The van der Waals surface area contributed by atoms with Crippen LogP contribution in [-0.2, 0) is 0 Å². The maximum absolute atomic E-state index is 12.0. The molecule has 0 aliphatic carbocycles. The summed E-state index contributed by atoms with van der Waals surface area (Å²) in [5.41, 5.74) is 0.726. The van der Waals surface area contributed by atoms with Gasteiger partial charge in [-0.15, -0.1) is 11.3 Å². The number of rotatable bonds is 3. The first-order valence-corrected chi connectivity index (χ1v) is 6.77. The number of hydrogen-bond donors (Lipinski definition) is 1. The molecule has 0 aromatic carbocycles. The van der Waals surface area contributed by atoms with Crippen LogP contribution in [0.25, 0.3) is 11.5 Å². The summed E-state index contributed by atoms with van der Waals surface area (Å²) < 4.78 is 10.4. The van der Waals surface area contributed by atoms with Crippen LogP contribution in [0.1, 0.15) is 21.3 Å². The number of anilines is 1. The molecule has 0 fully saturated rings. The second-order valence-corrected chi connectivity index (χ2v) is 5.25. The Morgan fingerprint density at radius 2 is 2.20 bits per heavy atom. The number of carbonyl (C=O) groups is 1. The molecule has 0 unspecified atom stereocenters. The van der Waals surface area contributed by atoms with Crippen LogP contribution in [0, 0.1) is 13.8 Å². The van der Waals surface area contributed by atoms with E-state index in [2.05, 4.69) is 15.5 Å². The first-order valence-electron chi connectivity index (χ1n) is 5.89. The number of hydrogen-bond acceptors (Lipinski definition) is 6. The fourth-order valence-electron chi connectivity index (χ4n) is 1.68. The molecule has 0 saturated carbocycles. The maximum atomic E-state index is 12.0. The van der Waals surface area contributed by atoms with Gasteiger partial charge in [-0.3, -0.25) is 4.79 Å². The molecule has 0 aliphatic heterocycles. The van der Waals surface area contributed by atoms with E-state index in [0.717, 1.165) is 10.7 Å². The quantitative estimate of drug-likeness (QED) is 0.800. The van der Waals surface area contributed by atoms with Gasteiger partial charge in [0.25, 0.3) is 5.91 Å².